The average Bonchev–Trinajstić information content (AvgIpc) is 3.16. The summed E-state index contributed by atoms with van der Waals surface area (Å²) in [4.78, 5) is 24.6. The van der Waals surface area contributed by atoms with Gasteiger partial charge in [-0.3, -0.25) is 9.59 Å². The number of ether oxygens (including phenoxy) is 1. The van der Waals surface area contributed by atoms with Crippen LogP contribution >= 0.6 is 0 Å². The lowest BCUT2D eigenvalue weighted by Crippen LogP contribution is -2.17. The van der Waals surface area contributed by atoms with E-state index in [0.717, 1.165) is 17.8 Å². The fourth-order valence-corrected chi connectivity index (χ4v) is 6.39. The third-order valence-corrected chi connectivity index (χ3v) is 7.95. The van der Waals surface area contributed by atoms with E-state index in [4.69, 9.17) is 4.74 Å². The first-order chi connectivity index (χ1) is 13.3. The number of nitrogens with zero attached hydrogens (tertiary/aromatic N) is 1. The molecule has 2 fully saturated rings. The Balaban J connectivity index is 1.54. The average molecular weight is 410 g/mol. The molecule has 6 nitrogen and oxygen atoms in total. The normalized spacial score (nSPS) is 22.3. The lowest BCUT2D eigenvalue weighted by molar-refractivity contribution is -0.142. The van der Waals surface area contributed by atoms with Crippen LogP contribution in [0.4, 0.5) is 0 Å². The molecule has 156 valence electrons. The van der Waals surface area contributed by atoms with Crippen molar-refractivity contribution in [1.29, 1.82) is 0 Å². The van der Waals surface area contributed by atoms with E-state index < -0.39 is 9.84 Å². The number of ketones is 1. The van der Waals surface area contributed by atoms with Crippen molar-refractivity contribution in [3.63, 3.8) is 0 Å². The van der Waals surface area contributed by atoms with E-state index in [1.54, 1.807) is 6.07 Å². The van der Waals surface area contributed by atoms with Crippen molar-refractivity contribution in [1.82, 2.24) is 4.57 Å². The lowest BCUT2D eigenvalue weighted by atomic mass is 9.86. The zero-order chi connectivity index (χ0) is 20.3. The molecule has 1 saturated carbocycles. The Hall–Kier alpha value is -1.63. The van der Waals surface area contributed by atoms with Gasteiger partial charge in [0.05, 0.1) is 11.5 Å². The Kier molecular flexibility index (Phi) is 6.63. The molecule has 0 N–H and O–H groups in total. The van der Waals surface area contributed by atoms with Crippen LogP contribution in [0.2, 0.25) is 0 Å². The number of carbonyl (C=O) groups is 2. The molecular weight excluding hydrogens is 378 g/mol. The van der Waals surface area contributed by atoms with Crippen LogP contribution in [0.25, 0.3) is 0 Å². The minimum Gasteiger partial charge on any atom is -0.457 e. The topological polar surface area (TPSA) is 82.4 Å². The van der Waals surface area contributed by atoms with Gasteiger partial charge in [-0.1, -0.05) is 32.1 Å². The highest BCUT2D eigenvalue weighted by Crippen LogP contribution is 2.30. The number of sulfone groups is 1. The standard InChI is InChI=1S/C21H31NO5S/c1-15-12-19(16(2)22(15)18-10-11-28(25,26)14-18)20(23)13-27-21(24)9-8-17-6-4-3-5-7-17/h12,17-18H,3-11,13-14H2,1-2H3. The Morgan fingerprint density at radius 3 is 2.50 bits per heavy atom. The predicted octanol–water partition coefficient (Wildman–Crippen LogP) is 3.55. The molecule has 3 rings (SSSR count). The van der Waals surface area contributed by atoms with Crippen LogP contribution in [0.15, 0.2) is 6.07 Å². The molecule has 0 amide bonds. The zero-order valence-corrected chi connectivity index (χ0v) is 17.7. The van der Waals surface area contributed by atoms with Crippen molar-refractivity contribution in [3.05, 3.63) is 23.0 Å². The number of hydrogen-bond acceptors (Lipinski definition) is 5. The van der Waals surface area contributed by atoms with Crippen LogP contribution in [0, 0.1) is 19.8 Å². The largest absolute Gasteiger partial charge is 0.457 e. The van der Waals surface area contributed by atoms with Crippen molar-refractivity contribution in [2.24, 2.45) is 5.92 Å². The summed E-state index contributed by atoms with van der Waals surface area (Å²) in [5.74, 6) is 0.378. The highest BCUT2D eigenvalue weighted by atomic mass is 32.2. The van der Waals surface area contributed by atoms with Gasteiger partial charge in [-0.15, -0.1) is 0 Å². The number of esters is 1. The second-order valence-electron chi connectivity index (χ2n) is 8.34. The number of carbonyl (C=O) groups excluding carboxylic acids is 2. The Morgan fingerprint density at radius 2 is 1.86 bits per heavy atom. The molecule has 0 radical (unpaired) electrons. The molecule has 1 aromatic rings. The minimum absolute atomic E-state index is 0.118. The molecular formula is C21H31NO5S. The van der Waals surface area contributed by atoms with Gasteiger partial charge in [0, 0.05) is 29.4 Å². The van der Waals surface area contributed by atoms with E-state index in [1.807, 2.05) is 18.4 Å². The number of Topliss-reactive ketones (excluding diaryl/α,β-unsaturated/α-hetero) is 1. The molecule has 1 aromatic heterocycles. The molecule has 28 heavy (non-hydrogen) atoms. The van der Waals surface area contributed by atoms with E-state index >= 15 is 0 Å². The van der Waals surface area contributed by atoms with E-state index in [2.05, 4.69) is 0 Å². The molecule has 1 unspecified atom stereocenters. The molecule has 1 aliphatic heterocycles. The van der Waals surface area contributed by atoms with Gasteiger partial charge >= 0.3 is 5.97 Å². The van der Waals surface area contributed by atoms with E-state index in [9.17, 15) is 18.0 Å². The summed E-state index contributed by atoms with van der Waals surface area (Å²) in [6.07, 6.45) is 7.95. The molecule has 1 aliphatic carbocycles. The number of aryl methyl sites for hydroxylation is 1. The van der Waals surface area contributed by atoms with Crippen LogP contribution in [0.5, 0.6) is 0 Å². The van der Waals surface area contributed by atoms with Gasteiger partial charge in [0.15, 0.2) is 16.4 Å². The Bertz CT molecular complexity index is 833. The van der Waals surface area contributed by atoms with Crippen molar-refractivity contribution in [3.8, 4) is 0 Å². The maximum absolute atomic E-state index is 12.6. The fourth-order valence-electron chi connectivity index (χ4n) is 4.69. The molecule has 0 aromatic carbocycles. The van der Waals surface area contributed by atoms with Gasteiger partial charge in [0.25, 0.3) is 0 Å². The second-order valence-corrected chi connectivity index (χ2v) is 10.6. The van der Waals surface area contributed by atoms with E-state index in [0.29, 0.717) is 24.3 Å². The van der Waals surface area contributed by atoms with Crippen LogP contribution in [0.3, 0.4) is 0 Å². The maximum atomic E-state index is 12.6. The summed E-state index contributed by atoms with van der Waals surface area (Å²) < 4.78 is 30.8. The lowest BCUT2D eigenvalue weighted by Gasteiger charge is -2.20. The van der Waals surface area contributed by atoms with E-state index in [-0.39, 0.29) is 35.9 Å². The van der Waals surface area contributed by atoms with Gasteiger partial charge in [-0.2, -0.15) is 0 Å². The number of hydrogen-bond donors (Lipinski definition) is 0. The molecule has 2 aliphatic rings. The minimum atomic E-state index is -3.00. The number of aromatic nitrogens is 1. The van der Waals surface area contributed by atoms with Crippen molar-refractivity contribution in [2.45, 2.75) is 71.3 Å². The van der Waals surface area contributed by atoms with Gasteiger partial charge in [-0.25, -0.2) is 8.42 Å². The Labute approximate surface area is 167 Å². The molecule has 1 saturated heterocycles. The molecule has 2 heterocycles. The summed E-state index contributed by atoms with van der Waals surface area (Å²) >= 11 is 0. The Morgan fingerprint density at radius 1 is 1.14 bits per heavy atom. The van der Waals surface area contributed by atoms with Gasteiger partial charge in [0.1, 0.15) is 0 Å². The highest BCUT2D eigenvalue weighted by molar-refractivity contribution is 7.91. The first-order valence-corrected chi connectivity index (χ1v) is 12.2. The second kappa shape index (κ2) is 8.80. The number of rotatable bonds is 7. The van der Waals surface area contributed by atoms with Crippen molar-refractivity contribution in [2.75, 3.05) is 18.1 Å². The van der Waals surface area contributed by atoms with Crippen LogP contribution in [-0.4, -0.2) is 42.9 Å². The smallest absolute Gasteiger partial charge is 0.306 e. The van der Waals surface area contributed by atoms with Gasteiger partial charge < -0.3 is 9.30 Å². The van der Waals surface area contributed by atoms with Crippen molar-refractivity contribution < 1.29 is 22.7 Å². The molecule has 0 spiro atoms. The first kappa shape index (κ1) is 21.1. The fraction of sp³-hybridized carbons (Fsp3) is 0.714. The van der Waals surface area contributed by atoms with Gasteiger partial charge in [-0.05, 0) is 38.7 Å². The van der Waals surface area contributed by atoms with Crippen molar-refractivity contribution >= 4 is 21.6 Å². The predicted molar refractivity (Wildman–Crippen MR) is 107 cm³/mol. The maximum Gasteiger partial charge on any atom is 0.306 e. The monoisotopic (exact) mass is 409 g/mol. The first-order valence-electron chi connectivity index (χ1n) is 10.3. The highest BCUT2D eigenvalue weighted by Gasteiger charge is 2.31. The molecule has 1 atom stereocenters. The third kappa shape index (κ3) is 5.04. The summed E-state index contributed by atoms with van der Waals surface area (Å²) in [6.45, 7) is 3.46. The van der Waals surface area contributed by atoms with Crippen LogP contribution in [0.1, 0.15) is 79.2 Å². The third-order valence-electron chi connectivity index (χ3n) is 6.20. The SMILES string of the molecule is Cc1cc(C(=O)COC(=O)CCC2CCCCC2)c(C)n1C1CCS(=O)(=O)C1. The summed E-state index contributed by atoms with van der Waals surface area (Å²) in [5, 5.41) is 0. The van der Waals surface area contributed by atoms with Gasteiger partial charge in [0.2, 0.25) is 5.78 Å². The summed E-state index contributed by atoms with van der Waals surface area (Å²) in [7, 11) is -3.00. The molecule has 7 heteroatoms. The van der Waals surface area contributed by atoms with Crippen LogP contribution in [-0.2, 0) is 19.4 Å². The summed E-state index contributed by atoms with van der Waals surface area (Å²) in [5.41, 5.74) is 2.14. The zero-order valence-electron chi connectivity index (χ0n) is 16.9. The molecule has 0 bridgehead atoms. The quantitative estimate of drug-likeness (QED) is 0.508. The van der Waals surface area contributed by atoms with E-state index in [1.165, 1.54) is 32.1 Å². The van der Waals surface area contributed by atoms with Crippen LogP contribution < -0.4 is 0 Å². The summed E-state index contributed by atoms with van der Waals surface area (Å²) in [6, 6.07) is 1.66.